The highest BCUT2D eigenvalue weighted by atomic mass is 16.2. The number of aromatic nitrogens is 4. The van der Waals surface area contributed by atoms with Crippen LogP contribution in [0.5, 0.6) is 0 Å². The fourth-order valence-electron chi connectivity index (χ4n) is 2.63. The number of amides is 1. The monoisotopic (exact) mass is 321 g/mol. The molecule has 6 heteroatoms. The lowest BCUT2D eigenvalue weighted by molar-refractivity contribution is -0.134. The highest BCUT2D eigenvalue weighted by molar-refractivity contribution is 5.80. The van der Waals surface area contributed by atoms with E-state index in [1.54, 1.807) is 11.9 Å². The van der Waals surface area contributed by atoms with E-state index in [0.29, 0.717) is 13.0 Å². The second kappa shape index (κ2) is 7.50. The van der Waals surface area contributed by atoms with Gasteiger partial charge in [0.05, 0.1) is 0 Å². The van der Waals surface area contributed by atoms with Crippen LogP contribution in [0.15, 0.2) is 67.0 Å². The zero-order chi connectivity index (χ0) is 16.8. The summed E-state index contributed by atoms with van der Waals surface area (Å²) in [5.74, 6) is -0.0185. The Morgan fingerprint density at radius 2 is 1.67 bits per heavy atom. The van der Waals surface area contributed by atoms with Gasteiger partial charge in [0.2, 0.25) is 5.91 Å². The molecule has 0 N–H and O–H groups in total. The maximum absolute atomic E-state index is 13.0. The van der Waals surface area contributed by atoms with Crippen molar-refractivity contribution in [2.24, 2.45) is 0 Å². The molecule has 0 saturated heterocycles. The maximum atomic E-state index is 13.0. The normalized spacial score (nSPS) is 11.9. The van der Waals surface area contributed by atoms with E-state index in [1.807, 2.05) is 60.7 Å². The van der Waals surface area contributed by atoms with E-state index < -0.39 is 6.04 Å². The highest BCUT2D eigenvalue weighted by Gasteiger charge is 2.25. The molecule has 3 aromatic rings. The molecule has 0 spiro atoms. The lowest BCUT2D eigenvalue weighted by Crippen LogP contribution is -2.35. The molecule has 1 amide bonds. The summed E-state index contributed by atoms with van der Waals surface area (Å²) in [7, 11) is 1.80. The first kappa shape index (κ1) is 15.9. The van der Waals surface area contributed by atoms with Gasteiger partial charge in [-0.05, 0) is 21.6 Å². The fourth-order valence-corrected chi connectivity index (χ4v) is 2.63. The summed E-state index contributed by atoms with van der Waals surface area (Å²) >= 11 is 0. The molecular formula is C18H19N5O. The number of hydrogen-bond donors (Lipinski definition) is 0. The summed E-state index contributed by atoms with van der Waals surface area (Å²) in [6.07, 6.45) is 2.03. The van der Waals surface area contributed by atoms with Gasteiger partial charge in [0, 0.05) is 20.0 Å². The number of hydrogen-bond acceptors (Lipinski definition) is 4. The minimum absolute atomic E-state index is 0.0185. The molecule has 6 nitrogen and oxygen atoms in total. The molecule has 24 heavy (non-hydrogen) atoms. The first-order valence-electron chi connectivity index (χ1n) is 7.79. The average molecular weight is 321 g/mol. The zero-order valence-electron chi connectivity index (χ0n) is 13.5. The van der Waals surface area contributed by atoms with Crippen molar-refractivity contribution in [1.29, 1.82) is 0 Å². The molecule has 0 bridgehead atoms. The minimum Gasteiger partial charge on any atom is -0.340 e. The van der Waals surface area contributed by atoms with Gasteiger partial charge in [0.1, 0.15) is 12.4 Å². The Labute approximate surface area is 140 Å². The van der Waals surface area contributed by atoms with Crippen molar-refractivity contribution in [3.8, 4) is 0 Å². The van der Waals surface area contributed by atoms with Crippen LogP contribution in [0.2, 0.25) is 0 Å². The van der Waals surface area contributed by atoms with E-state index in [4.69, 9.17) is 0 Å². The quantitative estimate of drug-likeness (QED) is 0.697. The largest absolute Gasteiger partial charge is 0.340 e. The number of benzene rings is 2. The number of likely N-dealkylation sites (N-methyl/N-ethyl adjacent to an activating group) is 1. The molecule has 3 rings (SSSR count). The molecule has 1 heterocycles. The van der Waals surface area contributed by atoms with E-state index >= 15 is 0 Å². The van der Waals surface area contributed by atoms with Crippen LogP contribution in [0, 0.1) is 0 Å². The maximum Gasteiger partial charge on any atom is 0.247 e. The summed E-state index contributed by atoms with van der Waals surface area (Å²) in [6, 6.07) is 19.3. The third-order valence-corrected chi connectivity index (χ3v) is 3.88. The standard InChI is InChI=1S/C18H19N5O/c1-22(13-16-10-6-3-7-11-16)18(24)17(23-14-19-20-21-23)12-15-8-4-2-5-9-15/h2-11,14,17H,12-13H2,1H3/t17-/m1/s1. The van der Waals surface area contributed by atoms with Gasteiger partial charge >= 0.3 is 0 Å². The van der Waals surface area contributed by atoms with E-state index in [-0.39, 0.29) is 5.91 Å². The topological polar surface area (TPSA) is 63.9 Å². The number of carbonyl (C=O) groups is 1. The molecule has 1 atom stereocenters. The smallest absolute Gasteiger partial charge is 0.247 e. The predicted octanol–water partition coefficient (Wildman–Crippen LogP) is 2.12. The summed E-state index contributed by atoms with van der Waals surface area (Å²) in [5.41, 5.74) is 2.16. The van der Waals surface area contributed by atoms with E-state index in [2.05, 4.69) is 15.5 Å². The van der Waals surface area contributed by atoms with Crippen LogP contribution in [0.25, 0.3) is 0 Å². The summed E-state index contributed by atoms with van der Waals surface area (Å²) in [4.78, 5) is 14.7. The second-order valence-corrected chi connectivity index (χ2v) is 5.68. The molecule has 0 aliphatic heterocycles. The minimum atomic E-state index is -0.462. The first-order valence-corrected chi connectivity index (χ1v) is 7.79. The first-order chi connectivity index (χ1) is 11.7. The van der Waals surface area contributed by atoms with Crippen molar-refractivity contribution < 1.29 is 4.79 Å². The van der Waals surface area contributed by atoms with Gasteiger partial charge in [0.15, 0.2) is 0 Å². The Hall–Kier alpha value is -3.02. The van der Waals surface area contributed by atoms with Crippen molar-refractivity contribution in [2.75, 3.05) is 7.05 Å². The Balaban J connectivity index is 1.78. The van der Waals surface area contributed by atoms with E-state index in [0.717, 1.165) is 11.1 Å². The fraction of sp³-hybridized carbons (Fsp3) is 0.222. The third-order valence-electron chi connectivity index (χ3n) is 3.88. The highest BCUT2D eigenvalue weighted by Crippen LogP contribution is 2.17. The lowest BCUT2D eigenvalue weighted by Gasteiger charge is -2.23. The van der Waals surface area contributed by atoms with Crippen molar-refractivity contribution in [3.05, 3.63) is 78.1 Å². The lowest BCUT2D eigenvalue weighted by atomic mass is 10.0. The van der Waals surface area contributed by atoms with Gasteiger partial charge in [-0.1, -0.05) is 60.7 Å². The van der Waals surface area contributed by atoms with E-state index in [1.165, 1.54) is 11.0 Å². The van der Waals surface area contributed by atoms with Gasteiger partial charge in [-0.15, -0.1) is 5.10 Å². The van der Waals surface area contributed by atoms with Crippen LogP contribution in [0.1, 0.15) is 17.2 Å². The summed E-state index contributed by atoms with van der Waals surface area (Å²) in [5, 5.41) is 11.3. The zero-order valence-corrected chi connectivity index (χ0v) is 13.5. The molecule has 0 aliphatic carbocycles. The Kier molecular flexibility index (Phi) is 4.96. The van der Waals surface area contributed by atoms with Gasteiger partial charge < -0.3 is 4.90 Å². The molecule has 0 saturated carbocycles. The van der Waals surface area contributed by atoms with Gasteiger partial charge in [-0.3, -0.25) is 4.79 Å². The van der Waals surface area contributed by atoms with Crippen LogP contribution in [-0.2, 0) is 17.8 Å². The van der Waals surface area contributed by atoms with Crippen LogP contribution >= 0.6 is 0 Å². The molecule has 122 valence electrons. The SMILES string of the molecule is CN(Cc1ccccc1)C(=O)[C@@H](Cc1ccccc1)n1cnnn1. The molecular weight excluding hydrogens is 302 g/mol. The number of rotatable bonds is 6. The summed E-state index contributed by atoms with van der Waals surface area (Å²) in [6.45, 7) is 0.549. The van der Waals surface area contributed by atoms with Crippen molar-refractivity contribution in [3.63, 3.8) is 0 Å². The van der Waals surface area contributed by atoms with Gasteiger partial charge in [-0.2, -0.15) is 0 Å². The Morgan fingerprint density at radius 3 is 2.25 bits per heavy atom. The average Bonchev–Trinajstić information content (AvgIpc) is 3.15. The molecule has 0 unspecified atom stereocenters. The van der Waals surface area contributed by atoms with Crippen molar-refractivity contribution in [1.82, 2.24) is 25.1 Å². The van der Waals surface area contributed by atoms with Crippen LogP contribution in [0.4, 0.5) is 0 Å². The van der Waals surface area contributed by atoms with Crippen LogP contribution < -0.4 is 0 Å². The Morgan fingerprint density at radius 1 is 1.04 bits per heavy atom. The summed E-state index contributed by atoms with van der Waals surface area (Å²) < 4.78 is 1.52. The molecule has 0 radical (unpaired) electrons. The van der Waals surface area contributed by atoms with Gasteiger partial charge in [-0.25, -0.2) is 4.68 Å². The van der Waals surface area contributed by atoms with Crippen LogP contribution in [0.3, 0.4) is 0 Å². The van der Waals surface area contributed by atoms with Gasteiger partial charge in [0.25, 0.3) is 0 Å². The molecule has 1 aromatic heterocycles. The van der Waals surface area contributed by atoms with Crippen molar-refractivity contribution in [2.45, 2.75) is 19.0 Å². The van der Waals surface area contributed by atoms with Crippen molar-refractivity contribution >= 4 is 5.91 Å². The second-order valence-electron chi connectivity index (χ2n) is 5.68. The molecule has 0 aliphatic rings. The predicted molar refractivity (Wildman–Crippen MR) is 89.9 cm³/mol. The number of carbonyl (C=O) groups excluding carboxylic acids is 1. The van der Waals surface area contributed by atoms with Crippen LogP contribution in [-0.4, -0.2) is 38.1 Å². The molecule has 0 fully saturated rings. The number of nitrogens with zero attached hydrogens (tertiary/aromatic N) is 5. The third kappa shape index (κ3) is 3.84. The number of tetrazole rings is 1. The molecule has 2 aromatic carbocycles. The Bertz CT molecular complexity index is 759. The van der Waals surface area contributed by atoms with E-state index in [9.17, 15) is 4.79 Å².